The molecule has 0 aliphatic carbocycles. The number of halogens is 1. The third kappa shape index (κ3) is 5.69. The number of hydrogen-bond donors (Lipinski definition) is 2. The highest BCUT2D eigenvalue weighted by atomic mass is 127. The fraction of sp³-hybridized carbons (Fsp3) is 0.500. The van der Waals surface area contributed by atoms with Crippen molar-refractivity contribution >= 4 is 29.9 Å². The van der Waals surface area contributed by atoms with Gasteiger partial charge in [-0.1, -0.05) is 6.07 Å². The minimum atomic E-state index is 0. The Hall–Kier alpha value is -1.64. The second-order valence-electron chi connectivity index (χ2n) is 6.22. The number of rotatable bonds is 5. The van der Waals surface area contributed by atoms with Crippen LogP contribution in [0.4, 0.5) is 0 Å². The van der Waals surface area contributed by atoms with E-state index >= 15 is 0 Å². The van der Waals surface area contributed by atoms with Crippen molar-refractivity contribution in [2.24, 2.45) is 12.0 Å². The number of aryl methyl sites for hydroxylation is 3. The zero-order valence-electron chi connectivity index (χ0n) is 15.9. The van der Waals surface area contributed by atoms with Gasteiger partial charge in [-0.3, -0.25) is 14.7 Å². The second-order valence-corrected chi connectivity index (χ2v) is 6.22. The van der Waals surface area contributed by atoms with Crippen LogP contribution in [0.1, 0.15) is 35.1 Å². The molecule has 1 atom stereocenters. The lowest BCUT2D eigenvalue weighted by Crippen LogP contribution is -2.43. The minimum absolute atomic E-state index is 0. The fourth-order valence-corrected chi connectivity index (χ4v) is 2.77. The molecule has 0 bridgehead atoms. The first-order valence-electron chi connectivity index (χ1n) is 8.29. The smallest absolute Gasteiger partial charge is 0.191 e. The maximum atomic E-state index is 4.48. The zero-order chi connectivity index (χ0) is 17.7. The molecule has 2 aromatic heterocycles. The van der Waals surface area contributed by atoms with E-state index in [4.69, 9.17) is 0 Å². The van der Waals surface area contributed by atoms with Crippen LogP contribution in [-0.4, -0.2) is 33.8 Å². The zero-order valence-corrected chi connectivity index (χ0v) is 18.3. The van der Waals surface area contributed by atoms with Gasteiger partial charge in [0.25, 0.3) is 0 Å². The Bertz CT molecular complexity index is 722. The number of aromatic nitrogens is 3. The molecule has 138 valence electrons. The summed E-state index contributed by atoms with van der Waals surface area (Å²) in [5.41, 5.74) is 5.82. The van der Waals surface area contributed by atoms with E-state index in [1.54, 1.807) is 7.05 Å². The monoisotopic (exact) mass is 456 g/mol. The summed E-state index contributed by atoms with van der Waals surface area (Å²) < 4.78 is 1.94. The molecule has 25 heavy (non-hydrogen) atoms. The molecule has 2 heterocycles. The van der Waals surface area contributed by atoms with Gasteiger partial charge in [-0.2, -0.15) is 5.10 Å². The molecule has 2 N–H and O–H groups in total. The first kappa shape index (κ1) is 21.4. The van der Waals surface area contributed by atoms with E-state index in [0.29, 0.717) is 6.54 Å². The Kier molecular flexibility index (Phi) is 8.34. The van der Waals surface area contributed by atoms with Crippen molar-refractivity contribution in [3.8, 4) is 0 Å². The van der Waals surface area contributed by atoms with Crippen LogP contribution in [0.5, 0.6) is 0 Å². The molecule has 7 heteroatoms. The predicted molar refractivity (Wildman–Crippen MR) is 114 cm³/mol. The van der Waals surface area contributed by atoms with E-state index < -0.39 is 0 Å². The minimum Gasteiger partial charge on any atom is -0.354 e. The normalized spacial score (nSPS) is 12.5. The number of aliphatic imine (C=N–C) groups is 1. The average Bonchev–Trinajstić information content (AvgIpc) is 2.79. The third-order valence-electron chi connectivity index (χ3n) is 4.32. The molecule has 2 aromatic rings. The molecule has 0 radical (unpaired) electrons. The predicted octanol–water partition coefficient (Wildman–Crippen LogP) is 2.65. The van der Waals surface area contributed by atoms with Crippen molar-refractivity contribution in [2.45, 2.75) is 46.7 Å². The van der Waals surface area contributed by atoms with E-state index in [2.05, 4.69) is 59.5 Å². The quantitative estimate of drug-likeness (QED) is 0.413. The lowest BCUT2D eigenvalue weighted by Gasteiger charge is -2.18. The lowest BCUT2D eigenvalue weighted by molar-refractivity contribution is 0.634. The first-order chi connectivity index (χ1) is 11.4. The first-order valence-corrected chi connectivity index (χ1v) is 8.29. The van der Waals surface area contributed by atoms with Crippen LogP contribution < -0.4 is 10.6 Å². The molecular formula is C18H29IN6. The molecule has 0 aliphatic heterocycles. The largest absolute Gasteiger partial charge is 0.354 e. The summed E-state index contributed by atoms with van der Waals surface area (Å²) in [5.74, 6) is 0.784. The highest BCUT2D eigenvalue weighted by Crippen LogP contribution is 2.14. The van der Waals surface area contributed by atoms with Crippen LogP contribution >= 0.6 is 24.0 Å². The molecule has 0 saturated carbocycles. The third-order valence-corrected chi connectivity index (χ3v) is 4.32. The molecule has 0 saturated heterocycles. The molecule has 2 rings (SSSR count). The standard InChI is InChI=1S/C18H28N6.HI/c1-12-8-7-9-20-17(12)11-21-18(19-5)22-13(2)10-16-14(3)23-24(6)15(16)4;/h7-9,13H,10-11H2,1-6H3,(H2,19,21,22);1H. The summed E-state index contributed by atoms with van der Waals surface area (Å²) in [7, 11) is 3.77. The van der Waals surface area contributed by atoms with Gasteiger partial charge in [0.1, 0.15) is 0 Å². The van der Waals surface area contributed by atoms with Gasteiger partial charge < -0.3 is 10.6 Å². The Morgan fingerprint density at radius 1 is 1.32 bits per heavy atom. The molecule has 1 unspecified atom stereocenters. The Balaban J connectivity index is 0.00000312. The van der Waals surface area contributed by atoms with Gasteiger partial charge in [-0.25, -0.2) is 0 Å². The second kappa shape index (κ2) is 9.74. The van der Waals surface area contributed by atoms with Crippen molar-refractivity contribution in [2.75, 3.05) is 7.05 Å². The van der Waals surface area contributed by atoms with Crippen molar-refractivity contribution in [3.63, 3.8) is 0 Å². The topological polar surface area (TPSA) is 67.1 Å². The number of pyridine rings is 1. The molecule has 0 aromatic carbocycles. The van der Waals surface area contributed by atoms with Crippen LogP contribution in [0.15, 0.2) is 23.3 Å². The number of hydrogen-bond acceptors (Lipinski definition) is 3. The Morgan fingerprint density at radius 3 is 2.60 bits per heavy atom. The van der Waals surface area contributed by atoms with Crippen molar-refractivity contribution < 1.29 is 0 Å². The average molecular weight is 456 g/mol. The molecule has 0 fully saturated rings. The SMILES string of the molecule is CN=C(NCc1ncccc1C)NC(C)Cc1c(C)nn(C)c1C.I. The summed E-state index contributed by atoms with van der Waals surface area (Å²) in [6.45, 7) is 9.05. The van der Waals surface area contributed by atoms with Crippen LogP contribution in [0.2, 0.25) is 0 Å². The lowest BCUT2D eigenvalue weighted by atomic mass is 10.1. The Morgan fingerprint density at radius 2 is 2.04 bits per heavy atom. The van der Waals surface area contributed by atoms with E-state index in [1.807, 2.05) is 24.0 Å². The van der Waals surface area contributed by atoms with Crippen molar-refractivity contribution in [1.29, 1.82) is 0 Å². The van der Waals surface area contributed by atoms with Gasteiger partial charge >= 0.3 is 0 Å². The van der Waals surface area contributed by atoms with Crippen LogP contribution in [0.3, 0.4) is 0 Å². The van der Waals surface area contributed by atoms with E-state index in [1.165, 1.54) is 16.8 Å². The van der Waals surface area contributed by atoms with E-state index in [-0.39, 0.29) is 30.0 Å². The summed E-state index contributed by atoms with van der Waals surface area (Å²) in [6, 6.07) is 4.27. The van der Waals surface area contributed by atoms with Crippen molar-refractivity contribution in [1.82, 2.24) is 25.4 Å². The van der Waals surface area contributed by atoms with Crippen LogP contribution in [-0.2, 0) is 20.0 Å². The van der Waals surface area contributed by atoms with Crippen molar-refractivity contribution in [3.05, 3.63) is 46.5 Å². The number of nitrogens with zero attached hydrogens (tertiary/aromatic N) is 4. The Labute approximate surface area is 167 Å². The summed E-state index contributed by atoms with van der Waals surface area (Å²) in [5, 5.41) is 11.3. The fourth-order valence-electron chi connectivity index (χ4n) is 2.77. The maximum Gasteiger partial charge on any atom is 0.191 e. The van der Waals surface area contributed by atoms with Gasteiger partial charge in [-0.15, -0.1) is 24.0 Å². The van der Waals surface area contributed by atoms with Gasteiger partial charge in [0.15, 0.2) is 5.96 Å². The molecule has 0 aliphatic rings. The van der Waals surface area contributed by atoms with Gasteiger partial charge in [0.05, 0.1) is 17.9 Å². The number of guanidine groups is 1. The molecule has 6 nitrogen and oxygen atoms in total. The highest BCUT2D eigenvalue weighted by molar-refractivity contribution is 14.0. The summed E-state index contributed by atoms with van der Waals surface area (Å²) in [6.07, 6.45) is 2.73. The van der Waals surface area contributed by atoms with E-state index in [9.17, 15) is 0 Å². The van der Waals surface area contributed by atoms with Gasteiger partial charge in [0, 0.05) is 32.0 Å². The summed E-state index contributed by atoms with van der Waals surface area (Å²) >= 11 is 0. The van der Waals surface area contributed by atoms with Crippen LogP contribution in [0.25, 0.3) is 0 Å². The van der Waals surface area contributed by atoms with Gasteiger partial charge in [0.2, 0.25) is 0 Å². The molecular weight excluding hydrogens is 427 g/mol. The maximum absolute atomic E-state index is 4.48. The summed E-state index contributed by atoms with van der Waals surface area (Å²) in [4.78, 5) is 8.71. The van der Waals surface area contributed by atoms with E-state index in [0.717, 1.165) is 23.8 Å². The molecule has 0 amide bonds. The molecule has 0 spiro atoms. The highest BCUT2D eigenvalue weighted by Gasteiger charge is 2.14. The van der Waals surface area contributed by atoms with Gasteiger partial charge in [-0.05, 0) is 51.3 Å². The van der Waals surface area contributed by atoms with Crippen LogP contribution in [0, 0.1) is 20.8 Å². The number of nitrogens with one attached hydrogen (secondary N) is 2.